The minimum atomic E-state index is -4.86. The van der Waals surface area contributed by atoms with Crippen LogP contribution in [0.15, 0.2) is 47.5 Å². The SMILES string of the molecule is CCOc1cc(CN=C(N)Nc2ccccc2OC(F)(F)F)ccc1OC(F)F.I. The van der Waals surface area contributed by atoms with Crippen LogP contribution in [0, 0.1) is 0 Å². The molecule has 0 aliphatic heterocycles. The molecule has 0 fully saturated rings. The van der Waals surface area contributed by atoms with E-state index in [0.29, 0.717) is 5.56 Å². The van der Waals surface area contributed by atoms with Crippen molar-refractivity contribution in [1.82, 2.24) is 0 Å². The van der Waals surface area contributed by atoms with Gasteiger partial charge < -0.3 is 25.3 Å². The van der Waals surface area contributed by atoms with Gasteiger partial charge in [0.2, 0.25) is 0 Å². The van der Waals surface area contributed by atoms with Crippen molar-refractivity contribution in [1.29, 1.82) is 0 Å². The smallest absolute Gasteiger partial charge is 0.490 e. The lowest BCUT2D eigenvalue weighted by Crippen LogP contribution is -2.24. The van der Waals surface area contributed by atoms with Crippen LogP contribution in [0.1, 0.15) is 12.5 Å². The molecule has 2 rings (SSSR count). The van der Waals surface area contributed by atoms with Crippen LogP contribution in [0.2, 0.25) is 0 Å². The van der Waals surface area contributed by atoms with Gasteiger partial charge in [0.25, 0.3) is 0 Å². The Kier molecular flexibility index (Phi) is 9.89. The third-order valence-electron chi connectivity index (χ3n) is 3.33. The molecule has 2 aromatic carbocycles. The molecule has 12 heteroatoms. The van der Waals surface area contributed by atoms with Gasteiger partial charge in [-0.25, -0.2) is 4.99 Å². The van der Waals surface area contributed by atoms with Gasteiger partial charge >= 0.3 is 13.0 Å². The fourth-order valence-electron chi connectivity index (χ4n) is 2.25. The van der Waals surface area contributed by atoms with Crippen LogP contribution >= 0.6 is 24.0 Å². The lowest BCUT2D eigenvalue weighted by atomic mass is 10.2. The molecule has 6 nitrogen and oxygen atoms in total. The van der Waals surface area contributed by atoms with Crippen molar-refractivity contribution in [3.8, 4) is 17.2 Å². The summed E-state index contributed by atoms with van der Waals surface area (Å²) in [6.07, 6.45) is -4.86. The molecule has 0 atom stereocenters. The van der Waals surface area contributed by atoms with Crippen molar-refractivity contribution in [3.05, 3.63) is 48.0 Å². The van der Waals surface area contributed by atoms with E-state index in [9.17, 15) is 22.0 Å². The molecule has 0 saturated heterocycles. The highest BCUT2D eigenvalue weighted by molar-refractivity contribution is 14.0. The molecule has 0 aromatic heterocycles. The standard InChI is InChI=1S/C18H18F5N3O3.HI/c1-2-27-15-9-11(7-8-14(15)28-16(19)20)10-25-17(24)26-12-5-3-4-6-13(12)29-18(21,22)23;/h3-9,16H,2,10H2,1H3,(H3,24,25,26);1H. The van der Waals surface area contributed by atoms with Crippen LogP contribution in [0.25, 0.3) is 0 Å². The number of anilines is 1. The monoisotopic (exact) mass is 547 g/mol. The first-order chi connectivity index (χ1) is 13.7. The Labute approximate surface area is 186 Å². The summed E-state index contributed by atoms with van der Waals surface area (Å²) in [4.78, 5) is 4.02. The lowest BCUT2D eigenvalue weighted by Gasteiger charge is -2.14. The first-order valence-electron chi connectivity index (χ1n) is 8.30. The Balaban J connectivity index is 0.00000450. The number of nitrogens with one attached hydrogen (secondary N) is 1. The Hall–Kier alpha value is -2.51. The zero-order valence-electron chi connectivity index (χ0n) is 15.6. The predicted octanol–water partition coefficient (Wildman–Crippen LogP) is 5.13. The summed E-state index contributed by atoms with van der Waals surface area (Å²) >= 11 is 0. The van der Waals surface area contributed by atoms with Gasteiger partial charge in [-0.3, -0.25) is 0 Å². The zero-order chi connectivity index (χ0) is 21.4. The summed E-state index contributed by atoms with van der Waals surface area (Å²) in [6.45, 7) is -1.08. The van der Waals surface area contributed by atoms with Gasteiger partial charge in [-0.05, 0) is 36.8 Å². The maximum Gasteiger partial charge on any atom is 0.573 e. The van der Waals surface area contributed by atoms with Crippen LogP contribution < -0.4 is 25.3 Å². The Morgan fingerprint density at radius 2 is 1.80 bits per heavy atom. The summed E-state index contributed by atoms with van der Waals surface area (Å²) in [5.74, 6) is -0.658. The maximum atomic E-state index is 12.5. The molecule has 0 aliphatic rings. The second-order valence-electron chi connectivity index (χ2n) is 5.46. The Morgan fingerprint density at radius 1 is 1.10 bits per heavy atom. The molecular weight excluding hydrogens is 528 g/mol. The van der Waals surface area contributed by atoms with Crippen molar-refractivity contribution >= 4 is 35.6 Å². The first kappa shape index (κ1) is 25.5. The van der Waals surface area contributed by atoms with Crippen LogP contribution in [-0.2, 0) is 6.54 Å². The molecule has 0 heterocycles. The van der Waals surface area contributed by atoms with Crippen molar-refractivity contribution in [3.63, 3.8) is 0 Å². The predicted molar refractivity (Wildman–Crippen MR) is 112 cm³/mol. The van der Waals surface area contributed by atoms with E-state index in [0.717, 1.165) is 6.07 Å². The molecule has 0 unspecified atom stereocenters. The molecule has 166 valence electrons. The Morgan fingerprint density at radius 3 is 2.43 bits per heavy atom. The minimum Gasteiger partial charge on any atom is -0.490 e. The minimum absolute atomic E-state index is 0. The largest absolute Gasteiger partial charge is 0.573 e. The Bertz CT molecular complexity index is 850. The van der Waals surface area contributed by atoms with Crippen molar-refractivity contribution in [2.45, 2.75) is 26.4 Å². The van der Waals surface area contributed by atoms with E-state index in [4.69, 9.17) is 10.5 Å². The third kappa shape index (κ3) is 8.47. The van der Waals surface area contributed by atoms with Gasteiger partial charge in [0.05, 0.1) is 18.8 Å². The molecule has 0 amide bonds. The molecule has 3 N–H and O–H groups in total. The topological polar surface area (TPSA) is 78.1 Å². The molecule has 0 saturated carbocycles. The van der Waals surface area contributed by atoms with Gasteiger partial charge in [0.1, 0.15) is 0 Å². The molecule has 0 spiro atoms. The molecule has 30 heavy (non-hydrogen) atoms. The fourth-order valence-corrected chi connectivity index (χ4v) is 2.25. The summed E-state index contributed by atoms with van der Waals surface area (Å²) in [5, 5.41) is 2.53. The number of alkyl halides is 5. The van der Waals surface area contributed by atoms with Gasteiger partial charge in [-0.2, -0.15) is 8.78 Å². The average Bonchev–Trinajstić information content (AvgIpc) is 2.62. The number of halogens is 6. The maximum absolute atomic E-state index is 12.5. The van der Waals surface area contributed by atoms with E-state index in [-0.39, 0.29) is 60.3 Å². The highest BCUT2D eigenvalue weighted by atomic mass is 127. The van der Waals surface area contributed by atoms with Gasteiger partial charge in [-0.15, -0.1) is 37.1 Å². The second kappa shape index (κ2) is 11.6. The second-order valence-corrected chi connectivity index (χ2v) is 5.46. The van der Waals surface area contributed by atoms with Crippen LogP contribution in [0.3, 0.4) is 0 Å². The summed E-state index contributed by atoms with van der Waals surface area (Å²) in [5.41, 5.74) is 6.25. The number of ether oxygens (including phenoxy) is 3. The van der Waals surface area contributed by atoms with Gasteiger partial charge in [0, 0.05) is 0 Å². The number of hydrogen-bond donors (Lipinski definition) is 2. The van der Waals surface area contributed by atoms with Gasteiger partial charge in [-0.1, -0.05) is 18.2 Å². The number of nitrogens with two attached hydrogens (primary N) is 1. The first-order valence-corrected chi connectivity index (χ1v) is 8.30. The molecule has 0 aliphatic carbocycles. The summed E-state index contributed by atoms with van der Waals surface area (Å²) in [7, 11) is 0. The molecule has 0 radical (unpaired) electrons. The van der Waals surface area contributed by atoms with Crippen molar-refractivity contribution in [2.24, 2.45) is 10.7 Å². The van der Waals surface area contributed by atoms with Crippen molar-refractivity contribution < 1.29 is 36.2 Å². The molecule has 0 bridgehead atoms. The number of hydrogen-bond acceptors (Lipinski definition) is 4. The number of benzene rings is 2. The lowest BCUT2D eigenvalue weighted by molar-refractivity contribution is -0.274. The van der Waals surface area contributed by atoms with E-state index in [1.54, 1.807) is 6.92 Å². The number of aliphatic imine (C=N–C) groups is 1. The quantitative estimate of drug-likeness (QED) is 0.208. The zero-order valence-corrected chi connectivity index (χ0v) is 17.9. The molecule has 2 aromatic rings. The van der Waals surface area contributed by atoms with Crippen LogP contribution in [0.4, 0.5) is 27.6 Å². The van der Waals surface area contributed by atoms with Crippen LogP contribution in [0.5, 0.6) is 17.2 Å². The van der Waals surface area contributed by atoms with Crippen molar-refractivity contribution in [2.75, 3.05) is 11.9 Å². The number of para-hydroxylation sites is 2. The highest BCUT2D eigenvalue weighted by Gasteiger charge is 2.32. The summed E-state index contributed by atoms with van der Waals surface area (Å²) in [6, 6.07) is 9.58. The van der Waals surface area contributed by atoms with E-state index in [1.807, 2.05) is 0 Å². The highest BCUT2D eigenvalue weighted by Crippen LogP contribution is 2.31. The van der Waals surface area contributed by atoms with E-state index in [1.165, 1.54) is 36.4 Å². The van der Waals surface area contributed by atoms with Crippen LogP contribution in [-0.4, -0.2) is 25.5 Å². The molecular formula is C18H19F5IN3O3. The van der Waals surface area contributed by atoms with Gasteiger partial charge in [0.15, 0.2) is 23.2 Å². The number of rotatable bonds is 8. The average molecular weight is 547 g/mol. The summed E-state index contributed by atoms with van der Waals surface area (Å²) < 4.78 is 75.8. The van der Waals surface area contributed by atoms with E-state index >= 15 is 0 Å². The number of nitrogens with zero attached hydrogens (tertiary/aromatic N) is 1. The van der Waals surface area contributed by atoms with E-state index in [2.05, 4.69) is 19.8 Å². The third-order valence-corrected chi connectivity index (χ3v) is 3.33. The van der Waals surface area contributed by atoms with E-state index < -0.39 is 18.7 Å². The fraction of sp³-hybridized carbons (Fsp3) is 0.278. The normalized spacial score (nSPS) is 11.6. The number of guanidine groups is 1.